The number of aromatic nitrogens is 4. The summed E-state index contributed by atoms with van der Waals surface area (Å²) in [6.07, 6.45) is 3.17. The summed E-state index contributed by atoms with van der Waals surface area (Å²) in [5.41, 5.74) is 10.8. The Hall–Kier alpha value is -4.17. The molecular formula is C26H25ClFN7. The second-order valence-electron chi connectivity index (χ2n) is 7.79. The molecule has 0 radical (unpaired) electrons. The van der Waals surface area contributed by atoms with Gasteiger partial charge in [-0.05, 0) is 43.3 Å². The summed E-state index contributed by atoms with van der Waals surface area (Å²) in [6.45, 7) is 6.15. The molecule has 9 heteroatoms. The van der Waals surface area contributed by atoms with Gasteiger partial charge in [0.25, 0.3) is 0 Å². The summed E-state index contributed by atoms with van der Waals surface area (Å²) in [6, 6.07) is 16.0. The van der Waals surface area contributed by atoms with Crippen molar-refractivity contribution in [3.05, 3.63) is 107 Å². The average Bonchev–Trinajstić information content (AvgIpc) is 3.28. The fourth-order valence-corrected chi connectivity index (χ4v) is 3.72. The second-order valence-corrected chi connectivity index (χ2v) is 8.23. The molecule has 35 heavy (non-hydrogen) atoms. The minimum atomic E-state index is -0.380. The van der Waals surface area contributed by atoms with Gasteiger partial charge in [0, 0.05) is 65.2 Å². The van der Waals surface area contributed by atoms with Crippen molar-refractivity contribution in [2.45, 2.75) is 13.5 Å². The maximum atomic E-state index is 14.3. The van der Waals surface area contributed by atoms with E-state index in [1.165, 1.54) is 12.3 Å². The lowest BCUT2D eigenvalue weighted by atomic mass is 10.1. The third-order valence-electron chi connectivity index (χ3n) is 5.40. The van der Waals surface area contributed by atoms with E-state index in [1.54, 1.807) is 30.1 Å². The molecule has 0 bridgehead atoms. The van der Waals surface area contributed by atoms with Crippen molar-refractivity contribution >= 4 is 23.0 Å². The summed E-state index contributed by atoms with van der Waals surface area (Å²) >= 11 is 5.87. The van der Waals surface area contributed by atoms with Gasteiger partial charge in [-0.3, -0.25) is 4.98 Å². The van der Waals surface area contributed by atoms with Crippen molar-refractivity contribution < 1.29 is 4.39 Å². The molecule has 4 aromatic rings. The van der Waals surface area contributed by atoms with E-state index in [0.717, 1.165) is 17.0 Å². The Kier molecular flexibility index (Phi) is 7.12. The van der Waals surface area contributed by atoms with E-state index in [1.807, 2.05) is 43.3 Å². The topological polar surface area (TPSA) is 93.7 Å². The van der Waals surface area contributed by atoms with E-state index < -0.39 is 0 Å². The Morgan fingerprint density at radius 3 is 2.74 bits per heavy atom. The third-order valence-corrected chi connectivity index (χ3v) is 5.64. The smallest absolute Gasteiger partial charge is 0.154 e. The highest BCUT2D eigenvalue weighted by Crippen LogP contribution is 2.28. The van der Waals surface area contributed by atoms with Gasteiger partial charge < -0.3 is 16.4 Å². The number of rotatable bonds is 8. The molecule has 0 spiro atoms. The first-order chi connectivity index (χ1) is 16.9. The molecule has 0 aliphatic rings. The Morgan fingerprint density at radius 2 is 2.03 bits per heavy atom. The minimum Gasteiger partial charge on any atom is -0.404 e. The van der Waals surface area contributed by atoms with Crippen molar-refractivity contribution in [2.75, 3.05) is 12.4 Å². The molecule has 0 aliphatic carbocycles. The highest BCUT2D eigenvalue weighted by atomic mass is 35.5. The van der Waals surface area contributed by atoms with E-state index in [-0.39, 0.29) is 12.4 Å². The van der Waals surface area contributed by atoms with Crippen LogP contribution in [0.4, 0.5) is 10.2 Å². The molecule has 0 saturated heterocycles. The number of nitrogens with two attached hydrogens (primary N) is 1. The van der Waals surface area contributed by atoms with Gasteiger partial charge in [0.1, 0.15) is 11.6 Å². The highest BCUT2D eigenvalue weighted by Gasteiger charge is 2.16. The molecule has 1 aromatic carbocycles. The highest BCUT2D eigenvalue weighted by molar-refractivity contribution is 6.30. The Morgan fingerprint density at radius 1 is 1.20 bits per heavy atom. The zero-order valence-corrected chi connectivity index (χ0v) is 20.1. The monoisotopic (exact) mass is 489 g/mol. The number of hydrogen-bond acceptors (Lipinski definition) is 6. The van der Waals surface area contributed by atoms with Crippen LogP contribution in [0.3, 0.4) is 0 Å². The molecule has 3 heterocycles. The van der Waals surface area contributed by atoms with Crippen LogP contribution in [0.25, 0.3) is 22.6 Å². The largest absolute Gasteiger partial charge is 0.404 e. The summed E-state index contributed by atoms with van der Waals surface area (Å²) < 4.78 is 16.0. The molecule has 4 rings (SSSR count). The van der Waals surface area contributed by atoms with Crippen LogP contribution in [0.1, 0.15) is 17.0 Å². The summed E-state index contributed by atoms with van der Waals surface area (Å²) in [7, 11) is 1.77. The van der Waals surface area contributed by atoms with Crippen molar-refractivity contribution in [3.63, 3.8) is 0 Å². The van der Waals surface area contributed by atoms with Crippen LogP contribution >= 0.6 is 11.6 Å². The van der Waals surface area contributed by atoms with Gasteiger partial charge in [0.2, 0.25) is 0 Å². The second kappa shape index (κ2) is 10.4. The van der Waals surface area contributed by atoms with E-state index in [0.29, 0.717) is 39.2 Å². The normalized spacial score (nSPS) is 11.4. The van der Waals surface area contributed by atoms with Gasteiger partial charge in [-0.1, -0.05) is 30.3 Å². The first kappa shape index (κ1) is 24.0. The fraction of sp³-hybridized carbons (Fsp3) is 0.115. The van der Waals surface area contributed by atoms with Gasteiger partial charge in [0.05, 0.1) is 11.4 Å². The van der Waals surface area contributed by atoms with Gasteiger partial charge >= 0.3 is 0 Å². The predicted molar refractivity (Wildman–Crippen MR) is 138 cm³/mol. The predicted octanol–water partition coefficient (Wildman–Crippen LogP) is 5.08. The SMILES string of the molecule is C=C(NC)C(=CN)c1cc(-c2cc(NCc3ccc(Cl)cc3F)nn2-c2cccc(C)n2)ccn1. The number of pyridine rings is 2. The molecule has 3 aromatic heterocycles. The lowest BCUT2D eigenvalue weighted by Gasteiger charge is -2.11. The van der Waals surface area contributed by atoms with E-state index in [9.17, 15) is 4.39 Å². The molecule has 7 nitrogen and oxygen atoms in total. The number of nitrogens with zero attached hydrogens (tertiary/aromatic N) is 4. The zero-order valence-electron chi connectivity index (χ0n) is 19.4. The van der Waals surface area contributed by atoms with Crippen molar-refractivity contribution in [2.24, 2.45) is 5.73 Å². The minimum absolute atomic E-state index is 0.240. The quantitative estimate of drug-likeness (QED) is 0.299. The Bertz CT molecular complexity index is 1410. The lowest BCUT2D eigenvalue weighted by molar-refractivity contribution is 0.613. The number of allylic oxidation sites excluding steroid dienone is 1. The fourth-order valence-electron chi connectivity index (χ4n) is 3.56. The van der Waals surface area contributed by atoms with Crippen LogP contribution in [-0.4, -0.2) is 26.8 Å². The maximum absolute atomic E-state index is 14.3. The number of halogens is 2. The number of nitrogens with one attached hydrogen (secondary N) is 2. The van der Waals surface area contributed by atoms with E-state index in [2.05, 4.69) is 27.2 Å². The molecule has 0 amide bonds. The Labute approximate surface area is 208 Å². The number of anilines is 1. The first-order valence-corrected chi connectivity index (χ1v) is 11.2. The Balaban J connectivity index is 1.75. The van der Waals surface area contributed by atoms with Crippen LogP contribution in [0.2, 0.25) is 5.02 Å². The zero-order chi connectivity index (χ0) is 24.9. The number of hydrogen-bond donors (Lipinski definition) is 3. The van der Waals surface area contributed by atoms with Gasteiger partial charge in [0.15, 0.2) is 5.82 Å². The van der Waals surface area contributed by atoms with Crippen molar-refractivity contribution in [1.29, 1.82) is 0 Å². The molecule has 0 unspecified atom stereocenters. The number of aryl methyl sites for hydroxylation is 1. The molecule has 0 aliphatic heterocycles. The third kappa shape index (κ3) is 5.33. The first-order valence-electron chi connectivity index (χ1n) is 10.9. The van der Waals surface area contributed by atoms with E-state index in [4.69, 9.17) is 22.4 Å². The summed E-state index contributed by atoms with van der Waals surface area (Å²) in [5.74, 6) is 0.832. The molecule has 0 fully saturated rings. The molecule has 0 atom stereocenters. The maximum Gasteiger partial charge on any atom is 0.154 e. The molecular weight excluding hydrogens is 465 g/mol. The van der Waals surface area contributed by atoms with Crippen LogP contribution in [0.5, 0.6) is 0 Å². The molecule has 4 N–H and O–H groups in total. The van der Waals surface area contributed by atoms with Crippen molar-refractivity contribution in [3.8, 4) is 17.1 Å². The number of likely N-dealkylation sites (N-methyl/N-ethyl adjacent to an activating group) is 1. The van der Waals surface area contributed by atoms with Crippen LogP contribution < -0.4 is 16.4 Å². The molecule has 0 saturated carbocycles. The van der Waals surface area contributed by atoms with Crippen molar-refractivity contribution in [1.82, 2.24) is 25.1 Å². The van der Waals surface area contributed by atoms with Crippen LogP contribution in [0.15, 0.2) is 79.3 Å². The van der Waals surface area contributed by atoms with Crippen LogP contribution in [0, 0.1) is 12.7 Å². The van der Waals surface area contributed by atoms with Gasteiger partial charge in [-0.15, -0.1) is 5.10 Å². The lowest BCUT2D eigenvalue weighted by Crippen LogP contribution is -2.09. The van der Waals surface area contributed by atoms with Crippen LogP contribution in [-0.2, 0) is 6.54 Å². The summed E-state index contributed by atoms with van der Waals surface area (Å²) in [5, 5.41) is 11.3. The molecule has 178 valence electrons. The van der Waals surface area contributed by atoms with E-state index >= 15 is 0 Å². The van der Waals surface area contributed by atoms with Gasteiger partial charge in [-0.2, -0.15) is 0 Å². The standard InChI is InChI=1S/C26H25ClFN7/c1-16-5-4-6-26(33-16)35-24(18-9-10-31-23(11-18)21(14-29)17(2)30-3)13-25(34-35)32-15-19-7-8-20(27)12-22(19)28/h4-14,30H,2,15,29H2,1,3H3,(H,32,34). The summed E-state index contributed by atoms with van der Waals surface area (Å²) in [4.78, 5) is 9.09. The number of benzene rings is 1. The van der Waals surface area contributed by atoms with Gasteiger partial charge in [-0.25, -0.2) is 14.1 Å². The average molecular weight is 490 g/mol.